The Kier molecular flexibility index (Phi) is 6.36. The molecule has 1 aliphatic rings. The van der Waals surface area contributed by atoms with E-state index in [1.807, 2.05) is 32.9 Å². The van der Waals surface area contributed by atoms with Crippen molar-refractivity contribution in [1.29, 1.82) is 0 Å². The fourth-order valence-electron chi connectivity index (χ4n) is 4.40. The number of Topliss-reactive ketones (excluding diaryl/α,β-unsaturated/α-hetero) is 3. The molecule has 0 aliphatic heterocycles. The van der Waals surface area contributed by atoms with E-state index in [2.05, 4.69) is 4.98 Å². The predicted molar refractivity (Wildman–Crippen MR) is 108 cm³/mol. The van der Waals surface area contributed by atoms with E-state index in [1.54, 1.807) is 0 Å². The van der Waals surface area contributed by atoms with Crippen LogP contribution in [0.4, 0.5) is 4.39 Å². The Morgan fingerprint density at radius 3 is 2.45 bits per heavy atom. The fraction of sp³-hybridized carbons (Fsp3) is 0.417. The highest BCUT2D eigenvalue weighted by molar-refractivity contribution is 6.15. The zero-order valence-electron chi connectivity index (χ0n) is 17.1. The van der Waals surface area contributed by atoms with E-state index in [0.29, 0.717) is 25.0 Å². The van der Waals surface area contributed by atoms with Crippen molar-refractivity contribution in [2.45, 2.75) is 58.8 Å². The monoisotopic (exact) mass is 395 g/mol. The minimum absolute atomic E-state index is 0.00246. The maximum absolute atomic E-state index is 13.0. The molecule has 0 radical (unpaired) electrons. The molecular formula is C24H26FNO3. The van der Waals surface area contributed by atoms with Crippen molar-refractivity contribution in [2.24, 2.45) is 5.92 Å². The minimum atomic E-state index is -0.667. The lowest BCUT2D eigenvalue weighted by atomic mass is 9.86. The Hall–Kier alpha value is -2.69. The van der Waals surface area contributed by atoms with Gasteiger partial charge in [0.15, 0.2) is 5.78 Å². The Bertz CT molecular complexity index is 926. The number of carbonyl (C=O) groups excluding carboxylic acids is 3. The van der Waals surface area contributed by atoms with Crippen LogP contribution in [0.25, 0.3) is 0 Å². The van der Waals surface area contributed by atoms with Crippen molar-refractivity contribution >= 4 is 17.3 Å². The van der Waals surface area contributed by atoms with Crippen molar-refractivity contribution < 1.29 is 18.8 Å². The molecule has 2 unspecified atom stereocenters. The molecule has 0 amide bonds. The minimum Gasteiger partial charge on any atom is -0.299 e. The van der Waals surface area contributed by atoms with E-state index >= 15 is 0 Å². The van der Waals surface area contributed by atoms with E-state index in [-0.39, 0.29) is 36.1 Å². The van der Waals surface area contributed by atoms with Crippen LogP contribution in [0.2, 0.25) is 0 Å². The number of nitrogens with zero attached hydrogens (tertiary/aromatic N) is 1. The second kappa shape index (κ2) is 8.76. The molecule has 0 bridgehead atoms. The summed E-state index contributed by atoms with van der Waals surface area (Å²) in [7, 11) is 0. The highest BCUT2D eigenvalue weighted by Gasteiger charge is 2.42. The first kappa shape index (κ1) is 21.0. The van der Waals surface area contributed by atoms with Gasteiger partial charge in [-0.25, -0.2) is 4.39 Å². The fourth-order valence-corrected chi connectivity index (χ4v) is 4.40. The van der Waals surface area contributed by atoms with Gasteiger partial charge in [-0.3, -0.25) is 19.4 Å². The Morgan fingerprint density at radius 2 is 1.83 bits per heavy atom. The molecular weight excluding hydrogens is 369 g/mol. The molecule has 5 heteroatoms. The summed E-state index contributed by atoms with van der Waals surface area (Å²) in [6.45, 7) is 5.90. The highest BCUT2D eigenvalue weighted by Crippen LogP contribution is 2.38. The van der Waals surface area contributed by atoms with Crippen LogP contribution in [-0.2, 0) is 20.8 Å². The molecule has 1 aliphatic carbocycles. The van der Waals surface area contributed by atoms with Crippen molar-refractivity contribution in [2.75, 3.05) is 0 Å². The molecule has 1 aromatic heterocycles. The van der Waals surface area contributed by atoms with Gasteiger partial charge < -0.3 is 0 Å². The van der Waals surface area contributed by atoms with Crippen LogP contribution in [0.15, 0.2) is 30.5 Å². The van der Waals surface area contributed by atoms with E-state index < -0.39 is 11.7 Å². The van der Waals surface area contributed by atoms with Gasteiger partial charge in [0.2, 0.25) is 0 Å². The first-order chi connectivity index (χ1) is 13.8. The molecule has 2 aromatic rings. The molecule has 152 valence electrons. The quantitative estimate of drug-likeness (QED) is 0.653. The van der Waals surface area contributed by atoms with Crippen LogP contribution in [-0.4, -0.2) is 22.3 Å². The van der Waals surface area contributed by atoms with Crippen LogP contribution in [0, 0.1) is 32.5 Å². The number of rotatable bonds is 7. The standard InChI is InChI=1S/C24H26FNO3/c1-14-9-15(2)22(16(3)10-14)23-21(28)11-17(24(23)29)5-4-6-20(27)12-19-8-7-18(25)13-26-19/h7-10,13,17,23H,4-6,11-12H2,1-3H3. The van der Waals surface area contributed by atoms with Gasteiger partial charge in [0.25, 0.3) is 0 Å². The van der Waals surface area contributed by atoms with Crippen LogP contribution in [0.3, 0.4) is 0 Å². The van der Waals surface area contributed by atoms with Crippen molar-refractivity contribution in [3.8, 4) is 0 Å². The van der Waals surface area contributed by atoms with Crippen LogP contribution >= 0.6 is 0 Å². The van der Waals surface area contributed by atoms with Gasteiger partial charge >= 0.3 is 0 Å². The summed E-state index contributed by atoms with van der Waals surface area (Å²) in [5.74, 6) is -1.44. The second-order valence-electron chi connectivity index (χ2n) is 8.09. The third-order valence-electron chi connectivity index (χ3n) is 5.66. The Labute approximate surface area is 170 Å². The van der Waals surface area contributed by atoms with Gasteiger partial charge in [0.05, 0.1) is 6.20 Å². The number of benzene rings is 1. The van der Waals surface area contributed by atoms with Gasteiger partial charge in [0, 0.05) is 30.9 Å². The molecule has 0 saturated heterocycles. The summed E-state index contributed by atoms with van der Waals surface area (Å²) >= 11 is 0. The summed E-state index contributed by atoms with van der Waals surface area (Å²) in [5.41, 5.74) is 4.47. The number of aryl methyl sites for hydroxylation is 3. The van der Waals surface area contributed by atoms with Gasteiger partial charge in [0.1, 0.15) is 23.3 Å². The van der Waals surface area contributed by atoms with Crippen LogP contribution in [0.5, 0.6) is 0 Å². The number of halogens is 1. The van der Waals surface area contributed by atoms with E-state index in [4.69, 9.17) is 0 Å². The third kappa shape index (κ3) is 4.84. The number of hydrogen-bond donors (Lipinski definition) is 0. The molecule has 1 fully saturated rings. The highest BCUT2D eigenvalue weighted by atomic mass is 19.1. The molecule has 29 heavy (non-hydrogen) atoms. The lowest BCUT2D eigenvalue weighted by molar-refractivity contribution is -0.125. The Balaban J connectivity index is 1.58. The maximum Gasteiger partial charge on any atom is 0.151 e. The smallest absolute Gasteiger partial charge is 0.151 e. The van der Waals surface area contributed by atoms with Gasteiger partial charge in [-0.05, 0) is 62.4 Å². The van der Waals surface area contributed by atoms with Crippen molar-refractivity contribution in [3.63, 3.8) is 0 Å². The first-order valence-corrected chi connectivity index (χ1v) is 10.0. The number of carbonyl (C=O) groups is 3. The number of aromatic nitrogens is 1. The average Bonchev–Trinajstić information content (AvgIpc) is 2.91. The number of pyridine rings is 1. The normalized spacial score (nSPS) is 19.0. The molecule has 1 heterocycles. The summed E-state index contributed by atoms with van der Waals surface area (Å²) in [6.07, 6.45) is 2.92. The van der Waals surface area contributed by atoms with Crippen molar-refractivity contribution in [1.82, 2.24) is 4.98 Å². The Morgan fingerprint density at radius 1 is 1.14 bits per heavy atom. The van der Waals surface area contributed by atoms with Crippen LogP contribution in [0.1, 0.15) is 59.5 Å². The van der Waals surface area contributed by atoms with Crippen LogP contribution < -0.4 is 0 Å². The summed E-state index contributed by atoms with van der Waals surface area (Å²) < 4.78 is 12.9. The summed E-state index contributed by atoms with van der Waals surface area (Å²) in [5, 5.41) is 0. The molecule has 4 nitrogen and oxygen atoms in total. The van der Waals surface area contributed by atoms with E-state index in [9.17, 15) is 18.8 Å². The number of ketones is 3. The largest absolute Gasteiger partial charge is 0.299 e. The lowest BCUT2D eigenvalue weighted by Gasteiger charge is -2.16. The SMILES string of the molecule is Cc1cc(C)c(C2C(=O)CC(CCCC(=O)Cc3ccc(F)cn3)C2=O)c(C)c1. The molecule has 0 N–H and O–H groups in total. The molecule has 2 atom stereocenters. The number of hydrogen-bond acceptors (Lipinski definition) is 4. The second-order valence-corrected chi connectivity index (χ2v) is 8.09. The molecule has 1 aromatic carbocycles. The lowest BCUT2D eigenvalue weighted by Crippen LogP contribution is -2.18. The first-order valence-electron chi connectivity index (χ1n) is 10.0. The molecule has 1 saturated carbocycles. The van der Waals surface area contributed by atoms with Crippen molar-refractivity contribution in [3.05, 3.63) is 64.2 Å². The van der Waals surface area contributed by atoms with Gasteiger partial charge in [-0.1, -0.05) is 17.7 Å². The zero-order chi connectivity index (χ0) is 21.1. The van der Waals surface area contributed by atoms with Gasteiger partial charge in [-0.15, -0.1) is 0 Å². The zero-order valence-corrected chi connectivity index (χ0v) is 17.1. The molecule has 0 spiro atoms. The maximum atomic E-state index is 13.0. The topological polar surface area (TPSA) is 64.1 Å². The van der Waals surface area contributed by atoms with Gasteiger partial charge in [-0.2, -0.15) is 0 Å². The summed E-state index contributed by atoms with van der Waals surface area (Å²) in [6, 6.07) is 6.81. The van der Waals surface area contributed by atoms with E-state index in [0.717, 1.165) is 28.5 Å². The average molecular weight is 395 g/mol. The molecule has 3 rings (SSSR count). The summed E-state index contributed by atoms with van der Waals surface area (Å²) in [4.78, 5) is 41.6. The van der Waals surface area contributed by atoms with E-state index in [1.165, 1.54) is 12.1 Å². The third-order valence-corrected chi connectivity index (χ3v) is 5.66. The predicted octanol–water partition coefficient (Wildman–Crippen LogP) is 4.37.